The number of benzene rings is 1. The molecule has 1 N–H and O–H groups in total. The van der Waals surface area contributed by atoms with Gasteiger partial charge in [-0.3, -0.25) is 14.4 Å². The van der Waals surface area contributed by atoms with Crippen LogP contribution in [0.25, 0.3) is 0 Å². The van der Waals surface area contributed by atoms with Crippen LogP contribution in [0.2, 0.25) is 5.02 Å². The Morgan fingerprint density at radius 2 is 1.97 bits per heavy atom. The normalized spacial score (nSPS) is 29.9. The Kier molecular flexibility index (Phi) is 8.31. The van der Waals surface area contributed by atoms with E-state index in [0.29, 0.717) is 55.8 Å². The lowest BCUT2D eigenvalue weighted by molar-refractivity contribution is -0.160. The number of aliphatic hydroxyl groups is 1. The number of rotatable bonds is 12. The van der Waals surface area contributed by atoms with E-state index in [1.165, 1.54) is 0 Å². The zero-order valence-electron chi connectivity index (χ0n) is 21.7. The number of halogens is 1. The molecule has 37 heavy (non-hydrogen) atoms. The summed E-state index contributed by atoms with van der Waals surface area (Å²) in [5.41, 5.74) is -1.29. The quantitative estimate of drug-likeness (QED) is 0.250. The molecule has 202 valence electrons. The number of amides is 2. The van der Waals surface area contributed by atoms with Crippen LogP contribution < -0.4 is 4.90 Å². The largest absolute Gasteiger partial charge is 0.466 e. The van der Waals surface area contributed by atoms with Crippen LogP contribution in [-0.4, -0.2) is 71.3 Å². The average molecular weight is 533 g/mol. The number of unbranched alkanes of at least 4 members (excludes halogenated alkanes) is 2. The minimum Gasteiger partial charge on any atom is -0.466 e. The van der Waals surface area contributed by atoms with Gasteiger partial charge in [-0.1, -0.05) is 24.6 Å². The Hall–Kier alpha value is -2.42. The first-order chi connectivity index (χ1) is 17.8. The molecule has 2 amide bonds. The van der Waals surface area contributed by atoms with E-state index in [-0.39, 0.29) is 31.6 Å². The van der Waals surface area contributed by atoms with Crippen LogP contribution in [0.4, 0.5) is 5.69 Å². The fourth-order valence-corrected chi connectivity index (χ4v) is 6.75. The third kappa shape index (κ3) is 4.57. The van der Waals surface area contributed by atoms with Gasteiger partial charge >= 0.3 is 5.97 Å². The van der Waals surface area contributed by atoms with E-state index in [1.54, 1.807) is 47.1 Å². The third-order valence-corrected chi connectivity index (χ3v) is 8.48. The lowest BCUT2D eigenvalue weighted by atomic mass is 9.65. The summed E-state index contributed by atoms with van der Waals surface area (Å²) in [6, 6.07) is 6.08. The van der Waals surface area contributed by atoms with Gasteiger partial charge in [0.2, 0.25) is 5.91 Å². The Labute approximate surface area is 223 Å². The second kappa shape index (κ2) is 11.1. The Morgan fingerprint density at radius 1 is 1.24 bits per heavy atom. The molecule has 0 saturated carbocycles. The van der Waals surface area contributed by atoms with Gasteiger partial charge < -0.3 is 24.4 Å². The highest BCUT2D eigenvalue weighted by Gasteiger charge is 2.79. The minimum atomic E-state index is -1.11. The molecule has 0 radical (unpaired) electrons. The number of carbonyl (C=O) groups excluding carboxylic acids is 3. The molecule has 4 rings (SSSR count). The van der Waals surface area contributed by atoms with Crippen molar-refractivity contribution in [3.63, 3.8) is 0 Å². The first-order valence-corrected chi connectivity index (χ1v) is 13.6. The zero-order valence-corrected chi connectivity index (χ0v) is 22.4. The molecule has 3 aliphatic rings. The van der Waals surface area contributed by atoms with Crippen molar-refractivity contribution in [3.05, 3.63) is 41.9 Å². The van der Waals surface area contributed by atoms with Crippen molar-refractivity contribution in [3.8, 4) is 0 Å². The highest BCUT2D eigenvalue weighted by atomic mass is 35.5. The summed E-state index contributed by atoms with van der Waals surface area (Å²) in [7, 11) is 0. The molecule has 2 bridgehead atoms. The molecule has 0 aliphatic carbocycles. The van der Waals surface area contributed by atoms with Crippen LogP contribution in [0.1, 0.15) is 52.4 Å². The molecule has 8 nitrogen and oxygen atoms in total. The number of nitrogens with zero attached hydrogens (tertiary/aromatic N) is 2. The number of likely N-dealkylation sites (tertiary alicyclic amines) is 1. The summed E-state index contributed by atoms with van der Waals surface area (Å²) in [6.07, 6.45) is 5.25. The van der Waals surface area contributed by atoms with Crippen molar-refractivity contribution in [2.45, 2.75) is 69.6 Å². The number of anilines is 1. The van der Waals surface area contributed by atoms with Crippen LogP contribution in [0, 0.1) is 11.8 Å². The van der Waals surface area contributed by atoms with Gasteiger partial charge in [-0.2, -0.15) is 0 Å². The molecule has 3 fully saturated rings. The van der Waals surface area contributed by atoms with Crippen molar-refractivity contribution in [2.24, 2.45) is 11.8 Å². The summed E-state index contributed by atoms with van der Waals surface area (Å²) in [6.45, 7) is 8.39. The van der Waals surface area contributed by atoms with E-state index < -0.39 is 35.0 Å². The smallest absolute Gasteiger partial charge is 0.312 e. The van der Waals surface area contributed by atoms with Crippen LogP contribution in [0.5, 0.6) is 0 Å². The summed E-state index contributed by atoms with van der Waals surface area (Å²) in [5.74, 6) is -2.46. The van der Waals surface area contributed by atoms with Crippen LogP contribution in [-0.2, 0) is 23.9 Å². The molecular formula is C28H37ClN2O6. The van der Waals surface area contributed by atoms with Crippen LogP contribution in [0.3, 0.4) is 0 Å². The third-order valence-electron chi connectivity index (χ3n) is 8.23. The van der Waals surface area contributed by atoms with E-state index in [4.69, 9.17) is 21.1 Å². The molecule has 5 atom stereocenters. The van der Waals surface area contributed by atoms with Crippen molar-refractivity contribution in [1.29, 1.82) is 0 Å². The van der Waals surface area contributed by atoms with Gasteiger partial charge in [0.05, 0.1) is 18.1 Å². The van der Waals surface area contributed by atoms with E-state index in [0.717, 1.165) is 0 Å². The fourth-order valence-electron chi connectivity index (χ4n) is 6.62. The molecule has 1 spiro atoms. The van der Waals surface area contributed by atoms with E-state index in [9.17, 15) is 19.5 Å². The van der Waals surface area contributed by atoms with E-state index >= 15 is 0 Å². The first-order valence-electron chi connectivity index (χ1n) is 13.3. The number of hydrogen-bond acceptors (Lipinski definition) is 6. The molecule has 3 aliphatic heterocycles. The summed E-state index contributed by atoms with van der Waals surface area (Å²) in [4.78, 5) is 44.9. The highest BCUT2D eigenvalue weighted by Crippen LogP contribution is 2.64. The molecule has 3 heterocycles. The van der Waals surface area contributed by atoms with Gasteiger partial charge in [0.1, 0.15) is 17.6 Å². The predicted molar refractivity (Wildman–Crippen MR) is 140 cm³/mol. The van der Waals surface area contributed by atoms with Gasteiger partial charge in [0, 0.05) is 30.4 Å². The Bertz CT molecular complexity index is 1030. The van der Waals surface area contributed by atoms with E-state index in [2.05, 4.69) is 6.58 Å². The average Bonchev–Trinajstić information content (AvgIpc) is 3.49. The standard InChI is InChI=1S/C28H37ClN2O6/c1-4-16-30(20-12-10-19(29)11-13-20)25(34)23-28-15-14-27(5-2,37-28)22(26(35)36-6-3)21(28)24(33)31(23)17-8-7-9-18-32/h4,10-13,21-23,32H,1,5-9,14-18H2,2-3H3/t21-,22-,23?,27+,28?/m0/s1. The highest BCUT2D eigenvalue weighted by molar-refractivity contribution is 6.30. The SMILES string of the molecule is C=CCN(C(=O)C1N(CCCCCO)C(=O)[C@@H]2[C@@H](C(=O)OCC)[C@@]3(CC)CCC12O3)c1ccc(Cl)cc1. The molecule has 0 aromatic heterocycles. The maximum absolute atomic E-state index is 14.4. The number of aliphatic hydroxyl groups excluding tert-OH is 1. The molecule has 1 aromatic rings. The maximum Gasteiger partial charge on any atom is 0.312 e. The maximum atomic E-state index is 14.4. The van der Waals surface area contributed by atoms with Gasteiger partial charge in [-0.25, -0.2) is 0 Å². The second-order valence-electron chi connectivity index (χ2n) is 10.1. The summed E-state index contributed by atoms with van der Waals surface area (Å²) in [5, 5.41) is 9.76. The van der Waals surface area contributed by atoms with Crippen LogP contribution >= 0.6 is 11.6 Å². The van der Waals surface area contributed by atoms with Gasteiger partial charge in [0.15, 0.2) is 0 Å². The number of fused-ring (bicyclic) bond motifs is 1. The molecule has 9 heteroatoms. The topological polar surface area (TPSA) is 96.4 Å². The molecular weight excluding hydrogens is 496 g/mol. The molecule has 1 aromatic carbocycles. The van der Waals surface area contributed by atoms with Crippen molar-refractivity contribution in [2.75, 3.05) is 31.2 Å². The lowest BCUT2D eigenvalue weighted by Crippen LogP contribution is -2.56. The molecule has 2 unspecified atom stereocenters. The van der Waals surface area contributed by atoms with Gasteiger partial charge in [-0.15, -0.1) is 6.58 Å². The summed E-state index contributed by atoms with van der Waals surface area (Å²) >= 11 is 6.09. The number of carbonyl (C=O) groups is 3. The molecule has 3 saturated heterocycles. The van der Waals surface area contributed by atoms with Gasteiger partial charge in [0.25, 0.3) is 5.91 Å². The fraction of sp³-hybridized carbons (Fsp3) is 0.607. The lowest BCUT2D eigenvalue weighted by Gasteiger charge is -2.37. The second-order valence-corrected chi connectivity index (χ2v) is 10.6. The van der Waals surface area contributed by atoms with Crippen molar-refractivity contribution < 1.29 is 29.0 Å². The number of hydrogen-bond donors (Lipinski definition) is 1. The van der Waals surface area contributed by atoms with Crippen molar-refractivity contribution in [1.82, 2.24) is 4.90 Å². The Morgan fingerprint density at radius 3 is 2.59 bits per heavy atom. The Balaban J connectivity index is 1.77. The number of ether oxygens (including phenoxy) is 2. The van der Waals surface area contributed by atoms with Crippen LogP contribution in [0.15, 0.2) is 36.9 Å². The minimum absolute atomic E-state index is 0.0691. The zero-order chi connectivity index (χ0) is 26.8. The van der Waals surface area contributed by atoms with Gasteiger partial charge in [-0.05, 0) is 69.7 Å². The van der Waals surface area contributed by atoms with Crippen molar-refractivity contribution >= 4 is 35.1 Å². The van der Waals surface area contributed by atoms with E-state index in [1.807, 2.05) is 6.92 Å². The predicted octanol–water partition coefficient (Wildman–Crippen LogP) is 3.74. The summed E-state index contributed by atoms with van der Waals surface area (Å²) < 4.78 is 12.2. The monoisotopic (exact) mass is 532 g/mol. The number of esters is 1. The first kappa shape index (κ1) is 27.6.